The Bertz CT molecular complexity index is 1410. The second-order valence-electron chi connectivity index (χ2n) is 7.29. The first-order chi connectivity index (χ1) is 15.1. The van der Waals surface area contributed by atoms with E-state index in [-0.39, 0.29) is 10.6 Å². The summed E-state index contributed by atoms with van der Waals surface area (Å²) in [5, 5.41) is 12.5. The van der Waals surface area contributed by atoms with Crippen LogP contribution >= 0.6 is 15.9 Å². The van der Waals surface area contributed by atoms with E-state index in [1.54, 1.807) is 12.1 Å². The summed E-state index contributed by atoms with van der Waals surface area (Å²) >= 11 is 3.42. The molecule has 0 unspecified atom stereocenters. The van der Waals surface area contributed by atoms with E-state index in [9.17, 15) is 10.1 Å². The lowest BCUT2D eigenvalue weighted by atomic mass is 10.0. The van der Waals surface area contributed by atoms with Crippen LogP contribution < -0.4 is 0 Å². The van der Waals surface area contributed by atoms with Crippen LogP contribution in [0.4, 0.5) is 5.69 Å². The Morgan fingerprint density at radius 3 is 2.19 bits per heavy atom. The number of benzene rings is 4. The number of fused-ring (bicyclic) bond motifs is 1. The summed E-state index contributed by atoms with van der Waals surface area (Å²) in [5.74, 6) is 0. The highest BCUT2D eigenvalue weighted by Gasteiger charge is 2.16. The summed E-state index contributed by atoms with van der Waals surface area (Å²) in [7, 11) is 0. The molecule has 5 rings (SSSR count). The van der Waals surface area contributed by atoms with Crippen molar-refractivity contribution in [1.29, 1.82) is 0 Å². The molecule has 31 heavy (non-hydrogen) atoms. The molecule has 0 N–H and O–H groups in total. The fourth-order valence-electron chi connectivity index (χ4n) is 3.88. The van der Waals surface area contributed by atoms with Gasteiger partial charge in [0.2, 0.25) is 0 Å². The molecule has 0 atom stereocenters. The fraction of sp³-hybridized carbons (Fsp3) is 0. The van der Waals surface area contributed by atoms with Crippen LogP contribution in [0.25, 0.3) is 38.8 Å². The quantitative estimate of drug-likeness (QED) is 0.201. The molecule has 0 aliphatic heterocycles. The number of nitro groups is 1. The lowest BCUT2D eigenvalue weighted by molar-refractivity contribution is -0.384. The van der Waals surface area contributed by atoms with Gasteiger partial charge in [-0.1, -0.05) is 64.5 Å². The Morgan fingerprint density at radius 1 is 0.742 bits per heavy atom. The first kappa shape index (κ1) is 19.3. The normalized spacial score (nSPS) is 11.0. The molecule has 1 aromatic heterocycles. The smallest absolute Gasteiger partial charge is 0.277 e. The van der Waals surface area contributed by atoms with Crippen molar-refractivity contribution in [1.82, 2.24) is 4.57 Å². The summed E-state index contributed by atoms with van der Waals surface area (Å²) in [6, 6.07) is 31.7. The summed E-state index contributed by atoms with van der Waals surface area (Å²) in [4.78, 5) is 11.1. The van der Waals surface area contributed by atoms with Gasteiger partial charge in [0, 0.05) is 27.8 Å². The largest absolute Gasteiger partial charge is 0.317 e. The third kappa shape index (κ3) is 3.64. The average molecular weight is 469 g/mol. The third-order valence-electron chi connectivity index (χ3n) is 5.41. The molecule has 4 nitrogen and oxygen atoms in total. The number of nitro benzene ring substituents is 1. The minimum absolute atomic E-state index is 0.0958. The summed E-state index contributed by atoms with van der Waals surface area (Å²) < 4.78 is 2.94. The van der Waals surface area contributed by atoms with Crippen LogP contribution in [0.2, 0.25) is 0 Å². The van der Waals surface area contributed by atoms with Gasteiger partial charge in [-0.05, 0) is 59.2 Å². The number of halogens is 1. The Morgan fingerprint density at radius 2 is 1.45 bits per heavy atom. The molecule has 0 saturated carbocycles. The van der Waals surface area contributed by atoms with E-state index < -0.39 is 0 Å². The average Bonchev–Trinajstić information content (AvgIpc) is 3.23. The standard InChI is InChI=1S/C26H17BrN2O2/c27-22-9-13-26(29(30)31)24(17-22)20-8-12-25-21(16-20)14-15-28(25)23-10-6-19(7-11-23)18-4-2-1-3-5-18/h1-17H. The monoisotopic (exact) mass is 468 g/mol. The highest BCUT2D eigenvalue weighted by atomic mass is 79.9. The van der Waals surface area contributed by atoms with Gasteiger partial charge < -0.3 is 4.57 Å². The maximum atomic E-state index is 11.5. The Kier molecular flexibility index (Phi) is 4.88. The van der Waals surface area contributed by atoms with Gasteiger partial charge in [0.25, 0.3) is 5.69 Å². The van der Waals surface area contributed by atoms with Crippen molar-refractivity contribution in [2.75, 3.05) is 0 Å². The minimum atomic E-state index is -0.342. The van der Waals surface area contributed by atoms with Crippen molar-refractivity contribution in [3.05, 3.63) is 118 Å². The van der Waals surface area contributed by atoms with Crippen LogP contribution in [0, 0.1) is 10.1 Å². The van der Waals surface area contributed by atoms with Gasteiger partial charge >= 0.3 is 0 Å². The van der Waals surface area contributed by atoms with Gasteiger partial charge in [-0.15, -0.1) is 0 Å². The molecule has 0 bridgehead atoms. The van der Waals surface area contributed by atoms with E-state index >= 15 is 0 Å². The van der Waals surface area contributed by atoms with Gasteiger partial charge in [-0.2, -0.15) is 0 Å². The number of rotatable bonds is 4. The zero-order chi connectivity index (χ0) is 21.4. The Hall–Kier alpha value is -3.70. The number of nitrogens with zero attached hydrogens (tertiary/aromatic N) is 2. The topological polar surface area (TPSA) is 48.1 Å². The van der Waals surface area contributed by atoms with Crippen molar-refractivity contribution in [2.24, 2.45) is 0 Å². The molecule has 0 aliphatic rings. The predicted molar refractivity (Wildman–Crippen MR) is 129 cm³/mol. The number of hydrogen-bond acceptors (Lipinski definition) is 2. The molecule has 5 heteroatoms. The van der Waals surface area contributed by atoms with Gasteiger partial charge in [0.1, 0.15) is 0 Å². The molecule has 0 radical (unpaired) electrons. The Balaban J connectivity index is 1.54. The highest BCUT2D eigenvalue weighted by Crippen LogP contribution is 2.35. The minimum Gasteiger partial charge on any atom is -0.317 e. The number of aromatic nitrogens is 1. The van der Waals surface area contributed by atoms with Crippen LogP contribution in [0.5, 0.6) is 0 Å². The van der Waals surface area contributed by atoms with Gasteiger partial charge in [-0.3, -0.25) is 10.1 Å². The van der Waals surface area contributed by atoms with E-state index in [0.717, 1.165) is 26.6 Å². The van der Waals surface area contributed by atoms with Gasteiger partial charge in [-0.25, -0.2) is 0 Å². The third-order valence-corrected chi connectivity index (χ3v) is 5.90. The molecule has 0 fully saturated rings. The second kappa shape index (κ2) is 7.85. The molecular weight excluding hydrogens is 452 g/mol. The van der Waals surface area contributed by atoms with E-state index in [0.29, 0.717) is 5.56 Å². The van der Waals surface area contributed by atoms with Crippen molar-refractivity contribution < 1.29 is 4.92 Å². The molecule has 1 heterocycles. The van der Waals surface area contributed by atoms with E-state index in [4.69, 9.17) is 0 Å². The SMILES string of the molecule is O=[N+]([O-])c1ccc(Br)cc1-c1ccc2c(ccn2-c2ccc(-c3ccccc3)cc2)c1. The molecule has 0 spiro atoms. The van der Waals surface area contributed by atoms with Crippen LogP contribution in [-0.4, -0.2) is 9.49 Å². The van der Waals surface area contributed by atoms with E-state index in [1.807, 2.05) is 48.7 Å². The van der Waals surface area contributed by atoms with Crippen molar-refractivity contribution in [2.45, 2.75) is 0 Å². The predicted octanol–water partition coefficient (Wildman–Crippen LogP) is 7.64. The van der Waals surface area contributed by atoms with E-state index in [2.05, 4.69) is 56.9 Å². The van der Waals surface area contributed by atoms with Crippen molar-refractivity contribution in [3.8, 4) is 27.9 Å². The van der Waals surface area contributed by atoms with Crippen LogP contribution in [0.1, 0.15) is 0 Å². The van der Waals surface area contributed by atoms with Crippen molar-refractivity contribution in [3.63, 3.8) is 0 Å². The molecule has 0 aliphatic carbocycles. The molecule has 0 amide bonds. The van der Waals surface area contributed by atoms with Crippen LogP contribution in [0.15, 0.2) is 108 Å². The Labute approximate surface area is 187 Å². The maximum Gasteiger partial charge on any atom is 0.277 e. The maximum absolute atomic E-state index is 11.5. The van der Waals surface area contributed by atoms with Crippen molar-refractivity contribution >= 4 is 32.5 Å². The second-order valence-corrected chi connectivity index (χ2v) is 8.21. The summed E-state index contributed by atoms with van der Waals surface area (Å²) in [6.07, 6.45) is 2.03. The highest BCUT2D eigenvalue weighted by molar-refractivity contribution is 9.10. The zero-order valence-electron chi connectivity index (χ0n) is 16.4. The van der Waals surface area contributed by atoms with Gasteiger partial charge in [0.15, 0.2) is 0 Å². The lowest BCUT2D eigenvalue weighted by Gasteiger charge is -2.09. The van der Waals surface area contributed by atoms with Gasteiger partial charge in [0.05, 0.1) is 16.0 Å². The van der Waals surface area contributed by atoms with E-state index in [1.165, 1.54) is 17.2 Å². The fourth-order valence-corrected chi connectivity index (χ4v) is 4.24. The van der Waals surface area contributed by atoms with Crippen LogP contribution in [0.3, 0.4) is 0 Å². The zero-order valence-corrected chi connectivity index (χ0v) is 18.0. The molecular formula is C26H17BrN2O2. The van der Waals surface area contributed by atoms with Crippen LogP contribution in [-0.2, 0) is 0 Å². The molecule has 5 aromatic rings. The first-order valence-electron chi connectivity index (χ1n) is 9.81. The molecule has 4 aromatic carbocycles. The molecule has 0 saturated heterocycles. The first-order valence-corrected chi connectivity index (χ1v) is 10.6. The lowest BCUT2D eigenvalue weighted by Crippen LogP contribution is -1.93. The number of hydrogen-bond donors (Lipinski definition) is 0. The summed E-state index contributed by atoms with van der Waals surface area (Å²) in [6.45, 7) is 0. The summed E-state index contributed by atoms with van der Waals surface area (Å²) in [5.41, 5.74) is 5.99. The molecule has 150 valence electrons.